The summed E-state index contributed by atoms with van der Waals surface area (Å²) in [5, 5.41) is 0. The number of anilines is 3. The van der Waals surface area contributed by atoms with Crippen molar-refractivity contribution in [2.45, 2.75) is 24.2 Å². The van der Waals surface area contributed by atoms with Gasteiger partial charge in [0, 0.05) is 43.3 Å². The predicted molar refractivity (Wildman–Crippen MR) is 167 cm³/mol. The fourth-order valence-corrected chi connectivity index (χ4v) is 7.08. The van der Waals surface area contributed by atoms with Crippen molar-refractivity contribution in [3.63, 3.8) is 0 Å². The number of piperazine rings is 2. The molecule has 11 nitrogen and oxygen atoms in total. The fourth-order valence-electron chi connectivity index (χ4n) is 5.72. The van der Waals surface area contributed by atoms with E-state index in [0.717, 1.165) is 23.8 Å². The van der Waals surface area contributed by atoms with E-state index in [0.29, 0.717) is 12.1 Å². The molecule has 2 aliphatic rings. The zero-order chi connectivity index (χ0) is 30.3. The smallest absolute Gasteiger partial charge is 0.305 e. The number of likely N-dealkylation sites (N-methyl/N-ethyl adjacent to an activating group) is 1. The number of hydrogen-bond acceptors (Lipinski definition) is 9. The number of carbonyl (C=O) groups excluding carboxylic acids is 1. The first-order valence-corrected chi connectivity index (χ1v) is 16.4. The summed E-state index contributed by atoms with van der Waals surface area (Å²) >= 11 is 0. The number of benzene rings is 2. The Morgan fingerprint density at radius 2 is 1.58 bits per heavy atom. The lowest BCUT2D eigenvalue weighted by molar-refractivity contribution is -0.932. The van der Waals surface area contributed by atoms with Gasteiger partial charge in [-0.3, -0.25) is 9.69 Å². The molecule has 3 heterocycles. The van der Waals surface area contributed by atoms with E-state index in [1.54, 1.807) is 6.07 Å². The molecule has 0 bridgehead atoms. The first-order chi connectivity index (χ1) is 20.7. The molecular weight excluding hydrogens is 566 g/mol. The molecule has 2 N–H and O–H groups in total. The van der Waals surface area contributed by atoms with E-state index in [-0.39, 0.29) is 36.4 Å². The van der Waals surface area contributed by atoms with E-state index in [4.69, 9.17) is 10.5 Å². The van der Waals surface area contributed by atoms with Crippen LogP contribution >= 0.6 is 0 Å². The SMILES string of the molecule is CN1CC[N+]2(CC1)CCN(c1ccc(CCCC(=O)OCCN(c3ncccn3)S(=O)(=O)c3ccc(N)cc3)cc1)CC2. The average molecular weight is 609 g/mol. The van der Waals surface area contributed by atoms with Crippen LogP contribution in [0.15, 0.2) is 71.9 Å². The van der Waals surface area contributed by atoms with E-state index in [1.807, 2.05) is 0 Å². The number of esters is 1. The number of sulfonamides is 1. The molecular formula is C31H42N7O4S+. The summed E-state index contributed by atoms with van der Waals surface area (Å²) < 4.78 is 34.3. The van der Waals surface area contributed by atoms with Crippen molar-refractivity contribution in [3.05, 3.63) is 72.6 Å². The number of quaternary nitrogens is 1. The summed E-state index contributed by atoms with van der Waals surface area (Å²) in [6.07, 6.45) is 4.58. The van der Waals surface area contributed by atoms with Crippen LogP contribution in [0.1, 0.15) is 18.4 Å². The van der Waals surface area contributed by atoms with Crippen molar-refractivity contribution in [3.8, 4) is 0 Å². The van der Waals surface area contributed by atoms with Gasteiger partial charge in [0.05, 0.1) is 50.7 Å². The van der Waals surface area contributed by atoms with Crippen molar-refractivity contribution < 1.29 is 22.4 Å². The van der Waals surface area contributed by atoms with Crippen LogP contribution in [-0.4, -0.2) is 106 Å². The third-order valence-electron chi connectivity index (χ3n) is 8.55. The Morgan fingerprint density at radius 3 is 2.23 bits per heavy atom. The van der Waals surface area contributed by atoms with Crippen LogP contribution in [0.25, 0.3) is 0 Å². The third kappa shape index (κ3) is 7.81. The highest BCUT2D eigenvalue weighted by molar-refractivity contribution is 7.92. The number of hydrogen-bond donors (Lipinski definition) is 1. The van der Waals surface area contributed by atoms with Crippen molar-refractivity contribution in [1.29, 1.82) is 0 Å². The molecule has 43 heavy (non-hydrogen) atoms. The van der Waals surface area contributed by atoms with Gasteiger partial charge in [-0.25, -0.2) is 22.7 Å². The van der Waals surface area contributed by atoms with E-state index in [2.05, 4.69) is 51.1 Å². The molecule has 1 aromatic heterocycles. The largest absolute Gasteiger partial charge is 0.464 e. The summed E-state index contributed by atoms with van der Waals surface area (Å²) in [5.74, 6) is -0.367. The first kappa shape index (κ1) is 30.7. The highest BCUT2D eigenvalue weighted by Crippen LogP contribution is 2.23. The lowest BCUT2D eigenvalue weighted by Gasteiger charge is -2.49. The number of nitrogens with two attached hydrogens (primary N) is 1. The topological polar surface area (TPSA) is 122 Å². The standard InChI is InChI=1S/C31H42N7O4S/c1-35-16-21-38(22-17-35)23-18-36(19-24-38)28-10-6-26(7-11-28)4-2-5-30(39)42-25-20-37(31-33-14-3-15-34-31)43(40,41)29-12-8-27(32)9-13-29/h3,6-15H,2,4-5,16-25,32H2,1H3/q+1. The zero-order valence-electron chi connectivity index (χ0n) is 24.8. The molecule has 1 spiro atoms. The number of nitrogen functional groups attached to an aromatic ring is 1. The van der Waals surface area contributed by atoms with Gasteiger partial charge in [0.2, 0.25) is 5.95 Å². The highest BCUT2D eigenvalue weighted by atomic mass is 32.2. The Labute approximate surface area is 254 Å². The number of aryl methyl sites for hydroxylation is 1. The van der Waals surface area contributed by atoms with Crippen molar-refractivity contribution in [2.24, 2.45) is 0 Å². The van der Waals surface area contributed by atoms with E-state index < -0.39 is 10.0 Å². The van der Waals surface area contributed by atoms with Crippen molar-refractivity contribution in [1.82, 2.24) is 14.9 Å². The van der Waals surface area contributed by atoms with Gasteiger partial charge in [-0.1, -0.05) is 12.1 Å². The highest BCUT2D eigenvalue weighted by Gasteiger charge is 2.35. The second-order valence-corrected chi connectivity index (χ2v) is 13.3. The van der Waals surface area contributed by atoms with Gasteiger partial charge >= 0.3 is 5.97 Å². The number of rotatable bonds is 11. The summed E-state index contributed by atoms with van der Waals surface area (Å²) in [4.78, 5) is 25.6. The normalized spacial score (nSPS) is 17.1. The molecule has 2 fully saturated rings. The third-order valence-corrected chi connectivity index (χ3v) is 10.3. The fraction of sp³-hybridized carbons (Fsp3) is 0.452. The Kier molecular flexibility index (Phi) is 9.79. The summed E-state index contributed by atoms with van der Waals surface area (Å²) in [7, 11) is -1.77. The first-order valence-electron chi connectivity index (χ1n) is 14.9. The maximum Gasteiger partial charge on any atom is 0.305 e. The molecule has 0 aliphatic carbocycles. The average Bonchev–Trinajstić information content (AvgIpc) is 3.02. The molecule has 2 aliphatic heterocycles. The Morgan fingerprint density at radius 1 is 0.953 bits per heavy atom. The molecule has 2 aromatic carbocycles. The number of aromatic nitrogens is 2. The number of nitrogens with zero attached hydrogens (tertiary/aromatic N) is 6. The van der Waals surface area contributed by atoms with Gasteiger partial charge in [0.15, 0.2) is 0 Å². The monoisotopic (exact) mass is 608 g/mol. The van der Waals surface area contributed by atoms with Gasteiger partial charge in [-0.05, 0) is 67.9 Å². The van der Waals surface area contributed by atoms with Gasteiger partial charge < -0.3 is 19.9 Å². The summed E-state index contributed by atoms with van der Waals surface area (Å²) in [5.41, 5.74) is 8.61. The minimum atomic E-state index is -3.99. The second-order valence-electron chi connectivity index (χ2n) is 11.5. The van der Waals surface area contributed by atoms with E-state index in [9.17, 15) is 13.2 Å². The van der Waals surface area contributed by atoms with Gasteiger partial charge in [0.25, 0.3) is 10.0 Å². The predicted octanol–water partition coefficient (Wildman–Crippen LogP) is 2.40. The number of carbonyl (C=O) groups is 1. The summed E-state index contributed by atoms with van der Waals surface area (Å²) in [6.45, 7) is 9.26. The Bertz CT molecular complexity index is 1440. The molecule has 0 amide bonds. The van der Waals surface area contributed by atoms with Crippen LogP contribution in [0.2, 0.25) is 0 Å². The van der Waals surface area contributed by atoms with Gasteiger partial charge in [-0.15, -0.1) is 0 Å². The quantitative estimate of drug-likeness (QED) is 0.199. The van der Waals surface area contributed by atoms with E-state index >= 15 is 0 Å². The Hall–Kier alpha value is -3.74. The zero-order valence-corrected chi connectivity index (χ0v) is 25.7. The molecule has 230 valence electrons. The Balaban J connectivity index is 1.06. The van der Waals surface area contributed by atoms with Crippen LogP contribution in [0, 0.1) is 0 Å². The number of ether oxygens (including phenoxy) is 1. The van der Waals surface area contributed by atoms with Crippen LogP contribution < -0.4 is 14.9 Å². The van der Waals surface area contributed by atoms with E-state index in [1.165, 1.54) is 91.7 Å². The maximum atomic E-state index is 13.3. The molecule has 0 unspecified atom stereocenters. The minimum absolute atomic E-state index is 0.00349. The second kappa shape index (κ2) is 13.7. The van der Waals surface area contributed by atoms with Crippen LogP contribution in [0.5, 0.6) is 0 Å². The lowest BCUT2D eigenvalue weighted by atomic mass is 10.1. The minimum Gasteiger partial charge on any atom is -0.464 e. The van der Waals surface area contributed by atoms with Crippen LogP contribution in [0.3, 0.4) is 0 Å². The molecule has 5 rings (SSSR count). The summed E-state index contributed by atoms with van der Waals surface area (Å²) in [6, 6.07) is 16.2. The molecule has 12 heteroatoms. The lowest BCUT2D eigenvalue weighted by Crippen LogP contribution is -2.65. The molecule has 0 atom stereocenters. The molecule has 0 saturated carbocycles. The molecule has 2 saturated heterocycles. The maximum absolute atomic E-state index is 13.3. The van der Waals surface area contributed by atoms with Crippen molar-refractivity contribution in [2.75, 3.05) is 87.5 Å². The molecule has 3 aromatic rings. The van der Waals surface area contributed by atoms with Gasteiger partial charge in [0.1, 0.15) is 6.61 Å². The molecule has 0 radical (unpaired) electrons. The van der Waals surface area contributed by atoms with Gasteiger partial charge in [-0.2, -0.15) is 0 Å². The van der Waals surface area contributed by atoms with Crippen LogP contribution in [-0.2, 0) is 26.0 Å². The van der Waals surface area contributed by atoms with Crippen molar-refractivity contribution >= 4 is 33.3 Å². The van der Waals surface area contributed by atoms with Crippen LogP contribution in [0.4, 0.5) is 17.3 Å².